The molecule has 2 fully saturated rings. The maximum Gasteiger partial charge on any atom is 0.184 e. The molecule has 0 aromatic rings. The van der Waals surface area contributed by atoms with E-state index in [4.69, 9.17) is 16.2 Å². The lowest BCUT2D eigenvalue weighted by Crippen LogP contribution is -2.41. The SMILES string of the molecule is C/C(N)=C/C=C(\N)OC1CC2CCC(C1)N2. The third-order valence-corrected chi connectivity index (χ3v) is 3.24. The third kappa shape index (κ3) is 2.92. The number of nitrogens with two attached hydrogens (primary N) is 2. The van der Waals surface area contributed by atoms with Crippen molar-refractivity contribution in [2.24, 2.45) is 11.5 Å². The molecule has 2 aliphatic rings. The normalized spacial score (nSPS) is 35.2. The van der Waals surface area contributed by atoms with E-state index in [0.29, 0.717) is 18.0 Å². The van der Waals surface area contributed by atoms with Crippen LogP contribution in [-0.2, 0) is 4.74 Å². The van der Waals surface area contributed by atoms with Crippen molar-refractivity contribution in [3.63, 3.8) is 0 Å². The minimum Gasteiger partial charge on any atom is -0.476 e. The molecule has 2 atom stereocenters. The molecule has 0 aromatic heterocycles. The van der Waals surface area contributed by atoms with Crippen LogP contribution in [0, 0.1) is 0 Å². The molecule has 4 nitrogen and oxygen atoms in total. The molecule has 0 aliphatic carbocycles. The standard InChI is InChI=1S/C12H21N3O/c1-8(13)2-5-12(14)16-11-6-9-3-4-10(7-11)15-9/h2,5,9-11,15H,3-4,6-7,13-14H2,1H3/b8-2-,12-5+. The molecule has 2 heterocycles. The molecule has 0 saturated carbocycles. The fourth-order valence-corrected chi connectivity index (χ4v) is 2.55. The van der Waals surface area contributed by atoms with Gasteiger partial charge in [-0.15, -0.1) is 0 Å². The van der Waals surface area contributed by atoms with Gasteiger partial charge in [-0.05, 0) is 44.8 Å². The first-order valence-electron chi connectivity index (χ1n) is 5.95. The van der Waals surface area contributed by atoms with Crippen LogP contribution in [0.4, 0.5) is 0 Å². The van der Waals surface area contributed by atoms with E-state index >= 15 is 0 Å². The van der Waals surface area contributed by atoms with Gasteiger partial charge < -0.3 is 21.5 Å². The molecule has 2 rings (SSSR count). The smallest absolute Gasteiger partial charge is 0.184 e. The average molecular weight is 223 g/mol. The van der Waals surface area contributed by atoms with Gasteiger partial charge in [-0.1, -0.05) is 0 Å². The van der Waals surface area contributed by atoms with E-state index in [9.17, 15) is 0 Å². The van der Waals surface area contributed by atoms with Gasteiger partial charge in [0.05, 0.1) is 0 Å². The fourth-order valence-electron chi connectivity index (χ4n) is 2.55. The maximum atomic E-state index is 5.78. The summed E-state index contributed by atoms with van der Waals surface area (Å²) in [4.78, 5) is 0. The Morgan fingerprint density at radius 3 is 2.38 bits per heavy atom. The fraction of sp³-hybridized carbons (Fsp3) is 0.667. The van der Waals surface area contributed by atoms with E-state index in [2.05, 4.69) is 5.32 Å². The summed E-state index contributed by atoms with van der Waals surface area (Å²) < 4.78 is 5.72. The molecule has 0 radical (unpaired) electrons. The van der Waals surface area contributed by atoms with Crippen LogP contribution in [0.1, 0.15) is 32.6 Å². The monoisotopic (exact) mass is 223 g/mol. The Bertz CT molecular complexity index is 295. The molecule has 2 aliphatic heterocycles. The topological polar surface area (TPSA) is 73.3 Å². The Kier molecular flexibility index (Phi) is 3.39. The second kappa shape index (κ2) is 4.78. The van der Waals surface area contributed by atoms with Crippen molar-refractivity contribution in [3.05, 3.63) is 23.7 Å². The summed E-state index contributed by atoms with van der Waals surface area (Å²) in [6.07, 6.45) is 8.45. The molecule has 90 valence electrons. The Balaban J connectivity index is 1.86. The molecule has 4 heteroatoms. The molecule has 0 aromatic carbocycles. The van der Waals surface area contributed by atoms with E-state index in [1.165, 1.54) is 12.8 Å². The molecule has 0 spiro atoms. The Morgan fingerprint density at radius 1 is 1.19 bits per heavy atom. The lowest BCUT2D eigenvalue weighted by Gasteiger charge is -2.29. The van der Waals surface area contributed by atoms with Crippen LogP contribution < -0.4 is 16.8 Å². The summed E-state index contributed by atoms with van der Waals surface area (Å²) in [6, 6.07) is 1.26. The number of hydrogen-bond donors (Lipinski definition) is 3. The highest BCUT2D eigenvalue weighted by Crippen LogP contribution is 2.29. The van der Waals surface area contributed by atoms with Gasteiger partial charge in [0, 0.05) is 17.8 Å². The predicted molar refractivity (Wildman–Crippen MR) is 64.3 cm³/mol. The minimum atomic E-state index is 0.265. The number of fused-ring (bicyclic) bond motifs is 2. The van der Waals surface area contributed by atoms with Gasteiger partial charge in [-0.25, -0.2) is 0 Å². The van der Waals surface area contributed by atoms with Crippen LogP contribution >= 0.6 is 0 Å². The number of rotatable bonds is 3. The van der Waals surface area contributed by atoms with Crippen molar-refractivity contribution in [3.8, 4) is 0 Å². The summed E-state index contributed by atoms with van der Waals surface area (Å²) in [6.45, 7) is 1.83. The van der Waals surface area contributed by atoms with Gasteiger partial charge in [0.1, 0.15) is 6.10 Å². The van der Waals surface area contributed by atoms with Crippen LogP contribution in [0.2, 0.25) is 0 Å². The Labute approximate surface area is 96.7 Å². The first kappa shape index (κ1) is 11.3. The Hall–Kier alpha value is -1.16. The third-order valence-electron chi connectivity index (χ3n) is 3.24. The van der Waals surface area contributed by atoms with Crippen molar-refractivity contribution in [2.75, 3.05) is 0 Å². The van der Waals surface area contributed by atoms with Crippen molar-refractivity contribution in [1.29, 1.82) is 0 Å². The number of hydrogen-bond acceptors (Lipinski definition) is 4. The minimum absolute atomic E-state index is 0.265. The van der Waals surface area contributed by atoms with Crippen LogP contribution in [0.15, 0.2) is 23.7 Å². The second-order valence-corrected chi connectivity index (χ2v) is 4.83. The zero-order valence-corrected chi connectivity index (χ0v) is 9.78. The lowest BCUT2D eigenvalue weighted by atomic mass is 10.0. The summed E-state index contributed by atoms with van der Waals surface area (Å²) in [5, 5.41) is 3.57. The summed E-state index contributed by atoms with van der Waals surface area (Å²) in [5.41, 5.74) is 12.0. The molecule has 2 unspecified atom stereocenters. The number of piperidine rings is 1. The summed E-state index contributed by atoms with van der Waals surface area (Å²) >= 11 is 0. The molecule has 2 bridgehead atoms. The quantitative estimate of drug-likeness (QED) is 0.492. The molecule has 5 N–H and O–H groups in total. The highest BCUT2D eigenvalue weighted by molar-refractivity contribution is 5.10. The van der Waals surface area contributed by atoms with Gasteiger partial charge in [0.2, 0.25) is 0 Å². The van der Waals surface area contributed by atoms with E-state index in [-0.39, 0.29) is 6.10 Å². The zero-order chi connectivity index (χ0) is 11.5. The van der Waals surface area contributed by atoms with Gasteiger partial charge in [-0.3, -0.25) is 0 Å². The van der Waals surface area contributed by atoms with Crippen molar-refractivity contribution >= 4 is 0 Å². The first-order chi connectivity index (χ1) is 7.63. The van der Waals surface area contributed by atoms with E-state index in [1.54, 1.807) is 12.2 Å². The first-order valence-corrected chi connectivity index (χ1v) is 5.95. The van der Waals surface area contributed by atoms with Crippen molar-refractivity contribution in [2.45, 2.75) is 50.8 Å². The van der Waals surface area contributed by atoms with Crippen LogP contribution in [0.3, 0.4) is 0 Å². The predicted octanol–water partition coefficient (Wildman–Crippen LogP) is 0.949. The van der Waals surface area contributed by atoms with Crippen molar-refractivity contribution in [1.82, 2.24) is 5.32 Å². The van der Waals surface area contributed by atoms with Gasteiger partial charge >= 0.3 is 0 Å². The van der Waals surface area contributed by atoms with E-state index < -0.39 is 0 Å². The largest absolute Gasteiger partial charge is 0.476 e. The molecular formula is C12H21N3O. The van der Waals surface area contributed by atoms with Crippen molar-refractivity contribution < 1.29 is 4.74 Å². The average Bonchev–Trinajstić information content (AvgIpc) is 2.55. The molecule has 2 saturated heterocycles. The highest BCUT2D eigenvalue weighted by atomic mass is 16.5. The molecular weight excluding hydrogens is 202 g/mol. The van der Waals surface area contributed by atoms with Gasteiger partial charge in [0.15, 0.2) is 5.88 Å². The Morgan fingerprint density at radius 2 is 1.81 bits per heavy atom. The lowest BCUT2D eigenvalue weighted by molar-refractivity contribution is 0.0695. The summed E-state index contributed by atoms with van der Waals surface area (Å²) in [5.74, 6) is 0.469. The van der Waals surface area contributed by atoms with E-state index in [1.807, 2.05) is 6.92 Å². The zero-order valence-electron chi connectivity index (χ0n) is 9.78. The summed E-state index contributed by atoms with van der Waals surface area (Å²) in [7, 11) is 0. The maximum absolute atomic E-state index is 5.78. The van der Waals surface area contributed by atoms with E-state index in [0.717, 1.165) is 18.5 Å². The van der Waals surface area contributed by atoms with Crippen LogP contribution in [0.5, 0.6) is 0 Å². The molecule has 16 heavy (non-hydrogen) atoms. The van der Waals surface area contributed by atoms with Gasteiger partial charge in [-0.2, -0.15) is 0 Å². The number of nitrogens with one attached hydrogen (secondary N) is 1. The number of ether oxygens (including phenoxy) is 1. The van der Waals surface area contributed by atoms with Crippen LogP contribution in [-0.4, -0.2) is 18.2 Å². The molecule has 0 amide bonds. The highest BCUT2D eigenvalue weighted by Gasteiger charge is 2.34. The van der Waals surface area contributed by atoms with Gasteiger partial charge in [0.25, 0.3) is 0 Å². The number of allylic oxidation sites excluding steroid dienone is 3. The van der Waals surface area contributed by atoms with Crippen LogP contribution in [0.25, 0.3) is 0 Å². The second-order valence-electron chi connectivity index (χ2n) is 4.83.